The zero-order valence-electron chi connectivity index (χ0n) is 11.4. The Morgan fingerprint density at radius 1 is 1.35 bits per heavy atom. The minimum Gasteiger partial charge on any atom is -0.497 e. The highest BCUT2D eigenvalue weighted by molar-refractivity contribution is 5.27. The summed E-state index contributed by atoms with van der Waals surface area (Å²) in [7, 11) is 1.49. The fourth-order valence-electron chi connectivity index (χ4n) is 1.63. The molecule has 0 bridgehead atoms. The molecule has 1 heterocycles. The molecule has 1 aromatic carbocycles. The first-order valence-electron chi connectivity index (χ1n) is 6.10. The molecule has 0 aliphatic rings. The van der Waals surface area contributed by atoms with Crippen LogP contribution in [0, 0.1) is 0 Å². The summed E-state index contributed by atoms with van der Waals surface area (Å²) in [6.45, 7) is -0.119. The maximum atomic E-state index is 12.7. The van der Waals surface area contributed by atoms with E-state index in [-0.39, 0.29) is 6.54 Å². The van der Waals surface area contributed by atoms with Gasteiger partial charge in [-0.2, -0.15) is 18.3 Å². The number of nitrogens with zero attached hydrogens (tertiary/aromatic N) is 2. The Balaban J connectivity index is 2.39. The lowest BCUT2D eigenvalue weighted by atomic mass is 10.2. The topological polar surface area (TPSA) is 44.1 Å². The van der Waals surface area contributed by atoms with Crippen molar-refractivity contribution in [1.82, 2.24) is 9.78 Å². The molecule has 0 spiro atoms. The minimum absolute atomic E-state index is 0.119. The predicted octanol–water partition coefficient (Wildman–Crippen LogP) is 2.32. The zero-order valence-corrected chi connectivity index (χ0v) is 10.4. The molecule has 0 saturated heterocycles. The maximum absolute atomic E-state index is 12.7. The van der Waals surface area contributed by atoms with Gasteiger partial charge in [0.15, 0.2) is 0 Å². The second-order valence-electron chi connectivity index (χ2n) is 3.97. The van der Waals surface area contributed by atoms with E-state index < -0.39 is 23.3 Å². The summed E-state index contributed by atoms with van der Waals surface area (Å²) in [6.07, 6.45) is -4.16. The molecule has 106 valence electrons. The molecule has 0 aliphatic heterocycles. The lowest BCUT2D eigenvalue weighted by molar-refractivity contribution is -0.139. The van der Waals surface area contributed by atoms with Gasteiger partial charge in [0, 0.05) is 6.20 Å². The number of aromatic nitrogens is 2. The largest absolute Gasteiger partial charge is 0.497 e. The van der Waals surface area contributed by atoms with Crippen molar-refractivity contribution in [3.63, 3.8) is 0 Å². The van der Waals surface area contributed by atoms with E-state index in [1.165, 1.54) is 7.11 Å². The number of ether oxygens (including phenoxy) is 1. The van der Waals surface area contributed by atoms with Gasteiger partial charge in [-0.1, -0.05) is 12.1 Å². The third-order valence-electron chi connectivity index (χ3n) is 2.63. The summed E-state index contributed by atoms with van der Waals surface area (Å²) in [4.78, 5) is 11.8. The lowest BCUT2D eigenvalue weighted by Gasteiger charge is -2.09. The van der Waals surface area contributed by atoms with Gasteiger partial charge in [0.25, 0.3) is 5.56 Å². The molecule has 4 nitrogen and oxygen atoms in total. The predicted molar refractivity (Wildman–Crippen MR) is 65.6 cm³/mol. The number of hydrogen-bond donors (Lipinski definition) is 0. The summed E-state index contributed by atoms with van der Waals surface area (Å²) in [5, 5.41) is 3.58. The molecule has 0 unspecified atom stereocenters. The van der Waals surface area contributed by atoms with Crippen LogP contribution in [0.3, 0.4) is 0 Å². The van der Waals surface area contributed by atoms with Crippen molar-refractivity contribution >= 4 is 0 Å². The highest BCUT2D eigenvalue weighted by Gasteiger charge is 2.34. The molecular weight excluding hydrogens is 273 g/mol. The highest BCUT2D eigenvalue weighted by atomic mass is 19.4. The first-order valence-corrected chi connectivity index (χ1v) is 5.60. The number of halogens is 3. The quantitative estimate of drug-likeness (QED) is 0.869. The van der Waals surface area contributed by atoms with Crippen LogP contribution in [0.4, 0.5) is 13.2 Å². The Bertz CT molecular complexity index is 696. The molecule has 2 rings (SSSR count). The van der Waals surface area contributed by atoms with Crippen molar-refractivity contribution in [2.45, 2.75) is 12.7 Å². The van der Waals surface area contributed by atoms with Gasteiger partial charge < -0.3 is 4.74 Å². The third kappa shape index (κ3) is 2.98. The van der Waals surface area contributed by atoms with Crippen molar-refractivity contribution < 1.29 is 19.3 Å². The Labute approximate surface area is 113 Å². The molecular formula is C13H11F3N2O2. The molecule has 0 saturated carbocycles. The Hall–Kier alpha value is -2.31. The van der Waals surface area contributed by atoms with Crippen molar-refractivity contribution in [3.8, 4) is 5.75 Å². The molecule has 0 atom stereocenters. The summed E-state index contributed by atoms with van der Waals surface area (Å²) in [5.74, 6) is 0.594. The fourth-order valence-corrected chi connectivity index (χ4v) is 1.63. The van der Waals surface area contributed by atoms with E-state index in [4.69, 9.17) is 6.11 Å². The first kappa shape index (κ1) is 12.7. The van der Waals surface area contributed by atoms with Crippen LogP contribution in [-0.2, 0) is 12.7 Å². The van der Waals surface area contributed by atoms with Gasteiger partial charge in [-0.25, -0.2) is 4.68 Å². The normalized spacial score (nSPS) is 12.1. The van der Waals surface area contributed by atoms with Gasteiger partial charge >= 0.3 is 6.18 Å². The van der Waals surface area contributed by atoms with Crippen molar-refractivity contribution in [1.29, 1.82) is 0 Å². The van der Waals surface area contributed by atoms with Gasteiger partial charge in [0.1, 0.15) is 11.3 Å². The van der Waals surface area contributed by atoms with Crippen molar-refractivity contribution in [3.05, 3.63) is 58.0 Å². The summed E-state index contributed by atoms with van der Waals surface area (Å²) < 4.78 is 51.1. The fraction of sp³-hybridized carbons (Fsp3) is 0.231. The lowest BCUT2D eigenvalue weighted by Crippen LogP contribution is -2.30. The van der Waals surface area contributed by atoms with Crippen molar-refractivity contribution in [2.24, 2.45) is 0 Å². The minimum atomic E-state index is -4.88. The molecule has 0 N–H and O–H groups in total. The van der Waals surface area contributed by atoms with Crippen LogP contribution in [0.1, 0.15) is 12.5 Å². The van der Waals surface area contributed by atoms with Crippen molar-refractivity contribution in [2.75, 3.05) is 7.11 Å². The van der Waals surface area contributed by atoms with E-state index in [2.05, 4.69) is 5.10 Å². The monoisotopic (exact) mass is 285 g/mol. The molecule has 7 heteroatoms. The number of benzene rings is 1. The average Bonchev–Trinajstić information content (AvgIpc) is 2.41. The molecule has 0 aliphatic carbocycles. The number of rotatable bonds is 3. The van der Waals surface area contributed by atoms with Crippen LogP contribution in [0.2, 0.25) is 0 Å². The SMILES string of the molecule is [2H]c1cnn(Cc2ccc(OC)cc2)c(=O)c1C(F)(F)F. The van der Waals surface area contributed by atoms with E-state index in [0.717, 1.165) is 0 Å². The van der Waals surface area contributed by atoms with E-state index in [1.54, 1.807) is 24.3 Å². The molecule has 2 aromatic rings. The first-order chi connectivity index (χ1) is 9.82. The third-order valence-corrected chi connectivity index (χ3v) is 2.63. The number of methoxy groups -OCH3 is 1. The van der Waals surface area contributed by atoms with Gasteiger partial charge in [0.05, 0.1) is 15.0 Å². The molecule has 20 heavy (non-hydrogen) atoms. The highest BCUT2D eigenvalue weighted by Crippen LogP contribution is 2.25. The van der Waals surface area contributed by atoms with E-state index in [9.17, 15) is 18.0 Å². The van der Waals surface area contributed by atoms with Crippen LogP contribution in [-0.4, -0.2) is 16.9 Å². The van der Waals surface area contributed by atoms with E-state index in [0.29, 0.717) is 22.2 Å². The number of alkyl halides is 3. The molecule has 0 radical (unpaired) electrons. The summed E-state index contributed by atoms with van der Waals surface area (Å²) in [5.41, 5.74) is -2.24. The smallest absolute Gasteiger partial charge is 0.421 e. The zero-order chi connectivity index (χ0) is 15.6. The van der Waals surface area contributed by atoms with Gasteiger partial charge in [-0.05, 0) is 23.7 Å². The Kier molecular flexibility index (Phi) is 3.41. The van der Waals surface area contributed by atoms with Gasteiger partial charge in [-0.15, -0.1) is 0 Å². The molecule has 0 amide bonds. The molecule has 0 fully saturated rings. The maximum Gasteiger partial charge on any atom is 0.421 e. The Morgan fingerprint density at radius 2 is 2.00 bits per heavy atom. The van der Waals surface area contributed by atoms with Crippen LogP contribution in [0.15, 0.2) is 41.3 Å². The second-order valence-corrected chi connectivity index (χ2v) is 3.97. The van der Waals surface area contributed by atoms with Gasteiger partial charge in [0.2, 0.25) is 0 Å². The Morgan fingerprint density at radius 3 is 2.55 bits per heavy atom. The van der Waals surface area contributed by atoms with Gasteiger partial charge in [-0.3, -0.25) is 4.79 Å². The van der Waals surface area contributed by atoms with Crippen LogP contribution in [0.25, 0.3) is 0 Å². The van der Waals surface area contributed by atoms with Crippen LogP contribution >= 0.6 is 0 Å². The van der Waals surface area contributed by atoms with Crippen LogP contribution in [0.5, 0.6) is 5.75 Å². The summed E-state index contributed by atoms with van der Waals surface area (Å²) >= 11 is 0. The molecule has 1 aromatic heterocycles. The van der Waals surface area contributed by atoms with E-state index in [1.807, 2.05) is 0 Å². The average molecular weight is 285 g/mol. The second kappa shape index (κ2) is 5.36. The van der Waals surface area contributed by atoms with E-state index >= 15 is 0 Å². The number of hydrogen-bond acceptors (Lipinski definition) is 3. The van der Waals surface area contributed by atoms with Crippen LogP contribution < -0.4 is 10.3 Å². The summed E-state index contributed by atoms with van der Waals surface area (Å²) in [6, 6.07) is 5.57. The standard InChI is InChI=1S/C13H11F3N2O2/c1-20-10-4-2-9(3-5-10)8-18-12(19)11(6-7-17-18)13(14,15)16/h2-7H,8H2,1H3/i6D.